The first-order valence-electron chi connectivity index (χ1n) is 15.3. The number of aryl methyl sites for hydroxylation is 3. The summed E-state index contributed by atoms with van der Waals surface area (Å²) in [5, 5.41) is 17.4. The lowest BCUT2D eigenvalue weighted by Crippen LogP contribution is -1.95. The molecular weight excluding hydrogens is 528 g/mol. The van der Waals surface area contributed by atoms with Gasteiger partial charge in [-0.1, -0.05) is 72.2 Å². The van der Waals surface area contributed by atoms with Crippen molar-refractivity contribution in [3.05, 3.63) is 94.8 Å². The Hall–Kier alpha value is -3.93. The smallest absolute Gasteiger partial charge is 0.0995 e. The summed E-state index contributed by atoms with van der Waals surface area (Å²) in [6.07, 6.45) is 7.16. The van der Waals surface area contributed by atoms with Gasteiger partial charge in [0.05, 0.1) is 28.6 Å². The molecule has 230 valence electrons. The first kappa shape index (κ1) is 33.6. The highest BCUT2D eigenvalue weighted by Crippen LogP contribution is 2.21. The Kier molecular flexibility index (Phi) is 11.7. The van der Waals surface area contributed by atoms with Gasteiger partial charge in [0.2, 0.25) is 0 Å². The Morgan fingerprint density at radius 3 is 1.56 bits per heavy atom. The lowest BCUT2D eigenvalue weighted by Gasteiger charge is -2.02. The summed E-state index contributed by atoms with van der Waals surface area (Å²) in [6, 6.07) is 17.1. The van der Waals surface area contributed by atoms with E-state index < -0.39 is 0 Å². The molecule has 4 heterocycles. The van der Waals surface area contributed by atoms with Gasteiger partial charge in [-0.3, -0.25) is 10.2 Å². The summed E-state index contributed by atoms with van der Waals surface area (Å²) in [4.78, 5) is 4.44. The van der Waals surface area contributed by atoms with Crippen molar-refractivity contribution in [1.29, 1.82) is 0 Å². The van der Waals surface area contributed by atoms with E-state index >= 15 is 0 Å². The van der Waals surface area contributed by atoms with Crippen molar-refractivity contribution in [2.24, 2.45) is 17.8 Å². The first-order valence-corrected chi connectivity index (χ1v) is 15.3. The molecule has 0 unspecified atom stereocenters. The van der Waals surface area contributed by atoms with Crippen molar-refractivity contribution < 1.29 is 0 Å². The van der Waals surface area contributed by atoms with Crippen LogP contribution in [0.2, 0.25) is 0 Å². The van der Waals surface area contributed by atoms with Crippen molar-refractivity contribution in [3.8, 4) is 0 Å². The van der Waals surface area contributed by atoms with Gasteiger partial charge in [0.15, 0.2) is 0 Å². The van der Waals surface area contributed by atoms with E-state index in [1.54, 1.807) is 0 Å². The molecule has 0 amide bonds. The van der Waals surface area contributed by atoms with Gasteiger partial charge in [0.25, 0.3) is 0 Å². The van der Waals surface area contributed by atoms with Crippen LogP contribution in [0.15, 0.2) is 61.1 Å². The minimum atomic E-state index is 0. The van der Waals surface area contributed by atoms with Crippen LogP contribution in [0, 0.1) is 38.5 Å². The van der Waals surface area contributed by atoms with E-state index in [0.29, 0.717) is 17.8 Å². The highest BCUT2D eigenvalue weighted by molar-refractivity contribution is 5.82. The minimum absolute atomic E-state index is 0. The molecule has 4 aromatic heterocycles. The van der Waals surface area contributed by atoms with Crippen LogP contribution in [0.5, 0.6) is 0 Å². The number of aromatic amines is 2. The maximum atomic E-state index is 4.44. The van der Waals surface area contributed by atoms with Crippen LogP contribution in [-0.4, -0.2) is 29.8 Å². The quantitative estimate of drug-likeness (QED) is 0.206. The predicted molar refractivity (Wildman–Crippen MR) is 184 cm³/mol. The van der Waals surface area contributed by atoms with Crippen LogP contribution in [0.25, 0.3) is 27.3 Å². The fourth-order valence-electron chi connectivity index (χ4n) is 5.17. The van der Waals surface area contributed by atoms with Crippen molar-refractivity contribution in [1.82, 2.24) is 29.8 Å². The summed E-state index contributed by atoms with van der Waals surface area (Å²) in [5.41, 5.74) is 11.0. The summed E-state index contributed by atoms with van der Waals surface area (Å²) in [6.45, 7) is 19.7. The zero-order valence-corrected chi connectivity index (χ0v) is 26.9. The topological polar surface area (TPSA) is 74.7 Å². The molecule has 0 atom stereocenters. The molecule has 0 aliphatic carbocycles. The van der Waals surface area contributed by atoms with Gasteiger partial charge in [0, 0.05) is 28.4 Å². The maximum absolute atomic E-state index is 4.44. The fourth-order valence-corrected chi connectivity index (χ4v) is 5.17. The number of imidazole rings is 1. The zero-order valence-electron chi connectivity index (χ0n) is 26.9. The Bertz CT molecular complexity index is 1530. The SMILES string of the molecule is C.Cc1ccc2n[nH]c(CC(C)C)c2c1.Cc1ccc2n[nH]c(CC(C)C)c2c1.Cc1ccn2cnc(CC(C)C)c2c1. The molecule has 2 aromatic carbocycles. The number of fused-ring (bicyclic) bond motifs is 3. The number of rotatable bonds is 6. The molecule has 0 fully saturated rings. The van der Waals surface area contributed by atoms with Gasteiger partial charge in [-0.15, -0.1) is 0 Å². The number of benzene rings is 2. The molecule has 2 N–H and O–H groups in total. The van der Waals surface area contributed by atoms with Gasteiger partial charge in [-0.2, -0.15) is 10.2 Å². The molecule has 6 heteroatoms. The molecule has 0 spiro atoms. The third kappa shape index (κ3) is 9.03. The third-order valence-corrected chi connectivity index (χ3v) is 7.18. The van der Waals surface area contributed by atoms with Crippen LogP contribution in [-0.2, 0) is 19.3 Å². The number of aromatic nitrogens is 6. The lowest BCUT2D eigenvalue weighted by molar-refractivity contribution is 0.636. The van der Waals surface area contributed by atoms with Gasteiger partial charge in [-0.25, -0.2) is 4.98 Å². The third-order valence-electron chi connectivity index (χ3n) is 7.18. The molecular formula is C37H52N6. The lowest BCUT2D eigenvalue weighted by atomic mass is 10.0. The van der Waals surface area contributed by atoms with Crippen molar-refractivity contribution >= 4 is 27.3 Å². The predicted octanol–water partition coefficient (Wildman–Crippen LogP) is 9.62. The second-order valence-electron chi connectivity index (χ2n) is 12.9. The van der Waals surface area contributed by atoms with E-state index in [9.17, 15) is 0 Å². The average molecular weight is 581 g/mol. The number of H-pyrrole nitrogens is 2. The van der Waals surface area contributed by atoms with Crippen LogP contribution in [0.3, 0.4) is 0 Å². The van der Waals surface area contributed by atoms with Gasteiger partial charge in [0.1, 0.15) is 0 Å². The van der Waals surface area contributed by atoms with E-state index in [2.05, 4.69) is 147 Å². The van der Waals surface area contributed by atoms with E-state index in [-0.39, 0.29) is 7.43 Å². The van der Waals surface area contributed by atoms with Crippen LogP contribution >= 0.6 is 0 Å². The zero-order chi connectivity index (χ0) is 30.4. The first-order chi connectivity index (χ1) is 20.0. The Morgan fingerprint density at radius 2 is 1.09 bits per heavy atom. The highest BCUT2D eigenvalue weighted by atomic mass is 15.1. The van der Waals surface area contributed by atoms with Crippen molar-refractivity contribution in [2.75, 3.05) is 0 Å². The molecule has 0 aliphatic heterocycles. The molecule has 0 bridgehead atoms. The molecule has 0 saturated carbocycles. The monoisotopic (exact) mass is 580 g/mol. The summed E-state index contributed by atoms with van der Waals surface area (Å²) >= 11 is 0. The molecule has 0 aliphatic rings. The minimum Gasteiger partial charge on any atom is -0.306 e. The summed E-state index contributed by atoms with van der Waals surface area (Å²) in [7, 11) is 0. The number of nitrogens with one attached hydrogen (secondary N) is 2. The van der Waals surface area contributed by atoms with Crippen LogP contribution < -0.4 is 0 Å². The Balaban J connectivity index is 0.000000175. The van der Waals surface area contributed by atoms with E-state index in [0.717, 1.165) is 30.3 Å². The van der Waals surface area contributed by atoms with Crippen LogP contribution in [0.4, 0.5) is 0 Å². The molecule has 6 nitrogen and oxygen atoms in total. The van der Waals surface area contributed by atoms with Gasteiger partial charge >= 0.3 is 0 Å². The number of nitrogens with zero attached hydrogens (tertiary/aromatic N) is 4. The summed E-state index contributed by atoms with van der Waals surface area (Å²) in [5.74, 6) is 1.99. The second kappa shape index (κ2) is 15.0. The van der Waals surface area contributed by atoms with Crippen molar-refractivity contribution in [3.63, 3.8) is 0 Å². The molecule has 6 rings (SSSR count). The molecule has 6 aromatic rings. The molecule has 0 saturated heterocycles. The van der Waals surface area contributed by atoms with Gasteiger partial charge < -0.3 is 4.40 Å². The highest BCUT2D eigenvalue weighted by Gasteiger charge is 2.08. The fraction of sp³-hybridized carbons (Fsp3) is 0.432. The number of hydrogen-bond acceptors (Lipinski definition) is 3. The number of pyridine rings is 1. The largest absolute Gasteiger partial charge is 0.306 e. The molecule has 0 radical (unpaired) electrons. The second-order valence-corrected chi connectivity index (χ2v) is 12.9. The average Bonchev–Trinajstić information content (AvgIpc) is 3.62. The van der Waals surface area contributed by atoms with Gasteiger partial charge in [-0.05, 0) is 99.7 Å². The van der Waals surface area contributed by atoms with E-state index in [1.807, 2.05) is 6.33 Å². The maximum Gasteiger partial charge on any atom is 0.0995 e. The Morgan fingerprint density at radius 1 is 0.628 bits per heavy atom. The normalized spacial score (nSPS) is 11.2. The standard InChI is InChI=1S/3C12H16N2.CH4/c1-9(2)6-11-12-7-10(3)4-5-14(12)8-13-11;2*1-8(2)6-12-10-7-9(3)4-5-11(10)13-14-12;/h4-5,7-9H,6H2,1-3H3;2*4-5,7-8H,6H2,1-3H3,(H,13,14);1H4. The Labute approximate surface area is 258 Å². The van der Waals surface area contributed by atoms with Crippen molar-refractivity contribution in [2.45, 2.75) is 89.0 Å². The van der Waals surface area contributed by atoms with Crippen LogP contribution in [0.1, 0.15) is 82.7 Å². The van der Waals surface area contributed by atoms with E-state index in [4.69, 9.17) is 0 Å². The summed E-state index contributed by atoms with van der Waals surface area (Å²) < 4.78 is 2.09. The molecule has 43 heavy (non-hydrogen) atoms. The van der Waals surface area contributed by atoms with E-state index in [1.165, 1.54) is 50.1 Å². The number of hydrogen-bond donors (Lipinski definition) is 2.